The molecule has 0 unspecified atom stereocenters. The van der Waals surface area contributed by atoms with E-state index in [2.05, 4.69) is 21.2 Å². The van der Waals surface area contributed by atoms with Gasteiger partial charge in [-0.2, -0.15) is 0 Å². The Kier molecular flexibility index (Phi) is 2.75. The normalized spacial score (nSPS) is 12.0. The van der Waals surface area contributed by atoms with Crippen LogP contribution in [0, 0.1) is 0 Å². The number of carbonyl (C=O) groups excluding carboxylic acids is 2. The van der Waals surface area contributed by atoms with Gasteiger partial charge in [0.05, 0.1) is 0 Å². The summed E-state index contributed by atoms with van der Waals surface area (Å²) >= 11 is 3.42. The third-order valence-corrected chi connectivity index (χ3v) is 3.59. The number of nitrogens with one attached hydrogen (secondary N) is 1. The average Bonchev–Trinajstić information content (AvgIpc) is 2.62. The van der Waals surface area contributed by atoms with Crippen molar-refractivity contribution in [3.05, 3.63) is 52.0 Å². The number of hydrogen-bond acceptors (Lipinski definition) is 2. The smallest absolute Gasteiger partial charge is 0.221 e. The molecule has 0 aliphatic heterocycles. The Labute approximate surface area is 118 Å². The molecule has 94 valence electrons. The van der Waals surface area contributed by atoms with Crippen molar-refractivity contribution in [2.45, 2.75) is 6.92 Å². The molecule has 3 nitrogen and oxygen atoms in total. The Bertz CT molecular complexity index is 722. The summed E-state index contributed by atoms with van der Waals surface area (Å²) in [5.74, 6) is -0.143. The number of ketones is 1. The van der Waals surface area contributed by atoms with E-state index in [4.69, 9.17) is 0 Å². The SMILES string of the molecule is CC(=O)Nc1ccc2c(c1)C(=O)c1ccc(Br)cc1-2. The quantitative estimate of drug-likeness (QED) is 0.745. The third kappa shape index (κ3) is 1.98. The average molecular weight is 316 g/mol. The van der Waals surface area contributed by atoms with Crippen molar-refractivity contribution in [2.24, 2.45) is 0 Å². The summed E-state index contributed by atoms with van der Waals surface area (Å²) in [5, 5.41) is 2.69. The minimum absolute atomic E-state index is 0.00435. The first-order valence-corrected chi connectivity index (χ1v) is 6.62. The van der Waals surface area contributed by atoms with E-state index >= 15 is 0 Å². The Balaban J connectivity index is 2.15. The molecular weight excluding hydrogens is 306 g/mol. The molecule has 19 heavy (non-hydrogen) atoms. The van der Waals surface area contributed by atoms with Gasteiger partial charge in [0.15, 0.2) is 5.78 Å². The predicted octanol–water partition coefficient (Wildman–Crippen LogP) is 3.62. The van der Waals surface area contributed by atoms with E-state index in [9.17, 15) is 9.59 Å². The number of benzene rings is 2. The summed E-state index contributed by atoms with van der Waals surface area (Å²) in [4.78, 5) is 23.4. The first-order chi connectivity index (χ1) is 9.06. The lowest BCUT2D eigenvalue weighted by atomic mass is 10.1. The van der Waals surface area contributed by atoms with Crippen LogP contribution in [0.15, 0.2) is 40.9 Å². The number of amides is 1. The standard InChI is InChI=1S/C15H10BrNO2/c1-8(18)17-10-3-5-11-13-6-9(16)2-4-12(13)15(19)14(11)7-10/h2-7H,1H3,(H,17,18). The van der Waals surface area contributed by atoms with Gasteiger partial charge in [-0.25, -0.2) is 0 Å². The van der Waals surface area contributed by atoms with Crippen LogP contribution in [0.2, 0.25) is 0 Å². The Hall–Kier alpha value is -1.94. The largest absolute Gasteiger partial charge is 0.326 e. The molecule has 2 aromatic rings. The number of carbonyl (C=O) groups is 2. The zero-order valence-corrected chi connectivity index (χ0v) is 11.7. The second-order valence-electron chi connectivity index (χ2n) is 4.46. The van der Waals surface area contributed by atoms with Crippen LogP contribution in [0.3, 0.4) is 0 Å². The molecule has 1 amide bonds. The van der Waals surface area contributed by atoms with Crippen molar-refractivity contribution < 1.29 is 9.59 Å². The molecule has 4 heteroatoms. The van der Waals surface area contributed by atoms with Crippen LogP contribution in [0.5, 0.6) is 0 Å². The van der Waals surface area contributed by atoms with E-state index in [1.54, 1.807) is 6.07 Å². The summed E-state index contributed by atoms with van der Waals surface area (Å²) in [5.41, 5.74) is 3.84. The lowest BCUT2D eigenvalue weighted by Gasteiger charge is -2.04. The maximum Gasteiger partial charge on any atom is 0.221 e. The lowest BCUT2D eigenvalue weighted by Crippen LogP contribution is -2.06. The van der Waals surface area contributed by atoms with Crippen molar-refractivity contribution in [1.82, 2.24) is 0 Å². The first kappa shape index (κ1) is 12.1. The minimum atomic E-state index is -0.148. The molecule has 3 rings (SSSR count). The van der Waals surface area contributed by atoms with Gasteiger partial charge < -0.3 is 5.32 Å². The lowest BCUT2D eigenvalue weighted by molar-refractivity contribution is -0.114. The van der Waals surface area contributed by atoms with Crippen molar-refractivity contribution in [3.8, 4) is 11.1 Å². The minimum Gasteiger partial charge on any atom is -0.326 e. The summed E-state index contributed by atoms with van der Waals surface area (Å²) in [6, 6.07) is 11.0. The number of rotatable bonds is 1. The monoisotopic (exact) mass is 315 g/mol. The fraction of sp³-hybridized carbons (Fsp3) is 0.0667. The van der Waals surface area contributed by atoms with Crippen molar-refractivity contribution in [3.63, 3.8) is 0 Å². The fourth-order valence-corrected chi connectivity index (χ4v) is 2.69. The van der Waals surface area contributed by atoms with Crippen LogP contribution in [-0.4, -0.2) is 11.7 Å². The molecule has 1 N–H and O–H groups in total. The fourth-order valence-electron chi connectivity index (χ4n) is 2.33. The van der Waals surface area contributed by atoms with E-state index in [0.717, 1.165) is 15.6 Å². The molecule has 0 atom stereocenters. The van der Waals surface area contributed by atoms with Gasteiger partial charge >= 0.3 is 0 Å². The molecule has 1 aliphatic carbocycles. The van der Waals surface area contributed by atoms with Gasteiger partial charge in [0.1, 0.15) is 0 Å². The highest BCUT2D eigenvalue weighted by molar-refractivity contribution is 9.10. The highest BCUT2D eigenvalue weighted by Gasteiger charge is 2.26. The van der Waals surface area contributed by atoms with E-state index < -0.39 is 0 Å². The Morgan fingerprint density at radius 1 is 1.00 bits per heavy atom. The zero-order chi connectivity index (χ0) is 13.6. The van der Waals surface area contributed by atoms with Gasteiger partial charge in [0.25, 0.3) is 0 Å². The van der Waals surface area contributed by atoms with Gasteiger partial charge in [0, 0.05) is 28.2 Å². The number of anilines is 1. The number of halogens is 1. The topological polar surface area (TPSA) is 46.2 Å². The molecule has 0 saturated carbocycles. The highest BCUT2D eigenvalue weighted by atomic mass is 79.9. The second-order valence-corrected chi connectivity index (χ2v) is 5.38. The number of fused-ring (bicyclic) bond motifs is 3. The van der Waals surface area contributed by atoms with Gasteiger partial charge in [-0.1, -0.05) is 22.0 Å². The maximum absolute atomic E-state index is 12.3. The summed E-state index contributed by atoms with van der Waals surface area (Å²) in [6.45, 7) is 1.45. The summed E-state index contributed by atoms with van der Waals surface area (Å²) < 4.78 is 0.942. The van der Waals surface area contributed by atoms with Crippen LogP contribution in [-0.2, 0) is 4.79 Å². The van der Waals surface area contributed by atoms with Crippen LogP contribution >= 0.6 is 15.9 Å². The van der Waals surface area contributed by atoms with Crippen molar-refractivity contribution in [2.75, 3.05) is 5.32 Å². The second kappa shape index (κ2) is 4.31. The molecule has 0 heterocycles. The van der Waals surface area contributed by atoms with E-state index in [-0.39, 0.29) is 11.7 Å². The third-order valence-electron chi connectivity index (χ3n) is 3.10. The molecule has 2 aromatic carbocycles. The molecule has 0 spiro atoms. The van der Waals surface area contributed by atoms with Crippen LogP contribution in [0.25, 0.3) is 11.1 Å². The first-order valence-electron chi connectivity index (χ1n) is 5.82. The summed E-state index contributed by atoms with van der Waals surface area (Å²) in [6.07, 6.45) is 0. The van der Waals surface area contributed by atoms with Gasteiger partial charge in [-0.05, 0) is 41.5 Å². The predicted molar refractivity (Wildman–Crippen MR) is 77.3 cm³/mol. The highest BCUT2D eigenvalue weighted by Crippen LogP contribution is 2.39. The molecule has 0 bridgehead atoms. The van der Waals surface area contributed by atoms with E-state index in [1.165, 1.54) is 6.92 Å². The van der Waals surface area contributed by atoms with Crippen LogP contribution in [0.4, 0.5) is 5.69 Å². The van der Waals surface area contributed by atoms with Gasteiger partial charge in [0.2, 0.25) is 5.91 Å². The van der Waals surface area contributed by atoms with Crippen LogP contribution in [0.1, 0.15) is 22.8 Å². The van der Waals surface area contributed by atoms with E-state index in [0.29, 0.717) is 16.8 Å². The van der Waals surface area contributed by atoms with Crippen LogP contribution < -0.4 is 5.32 Å². The Morgan fingerprint density at radius 2 is 1.74 bits per heavy atom. The van der Waals surface area contributed by atoms with Gasteiger partial charge in [-0.15, -0.1) is 0 Å². The number of hydrogen-bond donors (Lipinski definition) is 1. The molecule has 0 saturated heterocycles. The van der Waals surface area contributed by atoms with Crippen molar-refractivity contribution in [1.29, 1.82) is 0 Å². The molecule has 1 aliphatic rings. The molecule has 0 radical (unpaired) electrons. The zero-order valence-electron chi connectivity index (χ0n) is 10.2. The van der Waals surface area contributed by atoms with E-state index in [1.807, 2.05) is 30.3 Å². The molecule has 0 fully saturated rings. The Morgan fingerprint density at radius 3 is 2.47 bits per heavy atom. The summed E-state index contributed by atoms with van der Waals surface area (Å²) in [7, 11) is 0. The molecular formula is C15H10BrNO2. The maximum atomic E-state index is 12.3. The van der Waals surface area contributed by atoms with Crippen molar-refractivity contribution >= 4 is 33.3 Å². The van der Waals surface area contributed by atoms with Gasteiger partial charge in [-0.3, -0.25) is 9.59 Å². The molecule has 0 aromatic heterocycles.